The molecule has 0 unspecified atom stereocenters. The molecule has 0 fully saturated rings. The fourth-order valence-electron chi connectivity index (χ4n) is 0.983. The van der Waals surface area contributed by atoms with Crippen molar-refractivity contribution >= 4 is 33.9 Å². The molecule has 14 heavy (non-hydrogen) atoms. The summed E-state index contributed by atoms with van der Waals surface area (Å²) in [4.78, 5) is 17.8. The number of rotatable bonds is 1. The third kappa shape index (κ3) is 1.67. The molecule has 0 aliphatic heterocycles. The molecule has 2 rings (SSSR count). The second kappa shape index (κ2) is 3.70. The lowest BCUT2D eigenvalue weighted by Crippen LogP contribution is -2.11. The van der Waals surface area contributed by atoms with E-state index in [0.29, 0.717) is 5.82 Å². The van der Waals surface area contributed by atoms with Gasteiger partial charge in [0, 0.05) is 10.9 Å². The number of nitrogens with zero attached hydrogens (tertiary/aromatic N) is 1. The highest BCUT2D eigenvalue weighted by atomic mass is 127. The van der Waals surface area contributed by atoms with E-state index >= 15 is 0 Å². The van der Waals surface area contributed by atoms with E-state index in [1.807, 2.05) is 16.8 Å². The lowest BCUT2D eigenvalue weighted by atomic mass is 10.3. The van der Waals surface area contributed by atoms with Crippen LogP contribution < -0.4 is 5.56 Å². The average Bonchev–Trinajstić information content (AvgIpc) is 2.66. The van der Waals surface area contributed by atoms with E-state index in [0.717, 1.165) is 5.56 Å². The van der Waals surface area contributed by atoms with Crippen LogP contribution in [-0.2, 0) is 0 Å². The molecule has 2 N–H and O–H groups in total. The van der Waals surface area contributed by atoms with Gasteiger partial charge in [-0.05, 0) is 34.0 Å². The van der Waals surface area contributed by atoms with Crippen LogP contribution in [0.1, 0.15) is 0 Å². The monoisotopic (exact) mass is 320 g/mol. The minimum absolute atomic E-state index is 0.210. The first-order valence-corrected chi connectivity index (χ1v) is 5.72. The number of halogens is 1. The van der Waals surface area contributed by atoms with Gasteiger partial charge in [0.1, 0.15) is 9.39 Å². The first-order chi connectivity index (χ1) is 6.68. The van der Waals surface area contributed by atoms with Crippen LogP contribution in [0.25, 0.3) is 11.4 Å². The SMILES string of the molecule is O=c1[nH]c(-c2ccsc2)nc(O)c1I. The Morgan fingerprint density at radius 2 is 2.36 bits per heavy atom. The van der Waals surface area contributed by atoms with Gasteiger partial charge in [0.05, 0.1) is 0 Å². The van der Waals surface area contributed by atoms with Crippen LogP contribution in [0, 0.1) is 3.57 Å². The van der Waals surface area contributed by atoms with Crippen molar-refractivity contribution in [2.75, 3.05) is 0 Å². The highest BCUT2D eigenvalue weighted by Crippen LogP contribution is 2.20. The molecule has 0 amide bonds. The maximum atomic E-state index is 11.3. The second-order valence-electron chi connectivity index (χ2n) is 2.56. The second-order valence-corrected chi connectivity index (χ2v) is 4.42. The van der Waals surface area contributed by atoms with Crippen molar-refractivity contribution in [2.24, 2.45) is 0 Å². The minimum Gasteiger partial charge on any atom is -0.492 e. The number of thiophene rings is 1. The van der Waals surface area contributed by atoms with Crippen LogP contribution >= 0.6 is 33.9 Å². The van der Waals surface area contributed by atoms with Crippen molar-refractivity contribution in [1.82, 2.24) is 9.97 Å². The Hall–Kier alpha value is -0.890. The molecule has 0 bridgehead atoms. The smallest absolute Gasteiger partial charge is 0.268 e. The molecule has 0 aliphatic carbocycles. The summed E-state index contributed by atoms with van der Waals surface area (Å²) in [5.41, 5.74) is 0.484. The van der Waals surface area contributed by atoms with Crippen molar-refractivity contribution in [3.8, 4) is 17.3 Å². The highest BCUT2D eigenvalue weighted by Gasteiger charge is 2.08. The number of H-pyrrole nitrogens is 1. The van der Waals surface area contributed by atoms with Crippen molar-refractivity contribution in [3.63, 3.8) is 0 Å². The van der Waals surface area contributed by atoms with Crippen LogP contribution in [0.5, 0.6) is 5.88 Å². The van der Waals surface area contributed by atoms with Gasteiger partial charge in [-0.3, -0.25) is 4.79 Å². The zero-order chi connectivity index (χ0) is 10.1. The topological polar surface area (TPSA) is 66.0 Å². The molecule has 0 saturated heterocycles. The molecule has 0 saturated carbocycles. The summed E-state index contributed by atoms with van der Waals surface area (Å²) < 4.78 is 0.210. The van der Waals surface area contributed by atoms with Crippen LogP contribution in [0.2, 0.25) is 0 Å². The molecule has 4 nitrogen and oxygen atoms in total. The van der Waals surface area contributed by atoms with Gasteiger partial charge in [-0.1, -0.05) is 0 Å². The van der Waals surface area contributed by atoms with E-state index in [-0.39, 0.29) is 15.0 Å². The van der Waals surface area contributed by atoms with E-state index in [1.54, 1.807) is 22.6 Å². The van der Waals surface area contributed by atoms with Gasteiger partial charge in [0.2, 0.25) is 5.88 Å². The number of hydrogen-bond acceptors (Lipinski definition) is 4. The normalized spacial score (nSPS) is 10.4. The van der Waals surface area contributed by atoms with E-state index in [1.165, 1.54) is 11.3 Å². The van der Waals surface area contributed by atoms with Gasteiger partial charge < -0.3 is 10.1 Å². The Morgan fingerprint density at radius 3 is 2.93 bits per heavy atom. The minimum atomic E-state index is -0.320. The standard InChI is InChI=1S/C8H5IN2O2S/c9-5-7(12)10-6(11-8(5)13)4-1-2-14-3-4/h1-3H,(H2,10,11,12,13). The van der Waals surface area contributed by atoms with Crippen LogP contribution in [0.3, 0.4) is 0 Å². The molecule has 2 heterocycles. The van der Waals surface area contributed by atoms with Gasteiger partial charge in [-0.15, -0.1) is 0 Å². The number of hydrogen-bond donors (Lipinski definition) is 2. The van der Waals surface area contributed by atoms with Gasteiger partial charge >= 0.3 is 0 Å². The summed E-state index contributed by atoms with van der Waals surface area (Å²) in [5, 5.41) is 13.1. The molecular weight excluding hydrogens is 315 g/mol. The quantitative estimate of drug-likeness (QED) is 0.788. The predicted molar refractivity (Wildman–Crippen MR) is 62.6 cm³/mol. The molecule has 72 valence electrons. The summed E-state index contributed by atoms with van der Waals surface area (Å²) in [7, 11) is 0. The molecule has 0 spiro atoms. The Morgan fingerprint density at radius 1 is 1.57 bits per heavy atom. The summed E-state index contributed by atoms with van der Waals surface area (Å²) in [6, 6.07) is 1.83. The summed E-state index contributed by atoms with van der Waals surface area (Å²) in [6.07, 6.45) is 0. The number of aromatic hydroxyl groups is 1. The molecule has 6 heteroatoms. The van der Waals surface area contributed by atoms with Crippen LogP contribution in [-0.4, -0.2) is 15.1 Å². The van der Waals surface area contributed by atoms with Crippen LogP contribution in [0.15, 0.2) is 21.6 Å². The highest BCUT2D eigenvalue weighted by molar-refractivity contribution is 14.1. The molecule has 2 aromatic heterocycles. The molecule has 0 atom stereocenters. The Labute approximate surface area is 96.8 Å². The van der Waals surface area contributed by atoms with Gasteiger partial charge in [-0.25, -0.2) is 0 Å². The molecule has 0 aromatic carbocycles. The Balaban J connectivity index is 2.63. The maximum Gasteiger partial charge on any atom is 0.268 e. The largest absolute Gasteiger partial charge is 0.492 e. The van der Waals surface area contributed by atoms with E-state index in [2.05, 4.69) is 9.97 Å². The summed E-state index contributed by atoms with van der Waals surface area (Å²) >= 11 is 3.25. The first kappa shape index (κ1) is 9.66. The Bertz CT molecular complexity index is 507. The zero-order valence-electron chi connectivity index (χ0n) is 6.82. The maximum absolute atomic E-state index is 11.3. The lowest BCUT2D eigenvalue weighted by molar-refractivity contribution is 0.447. The van der Waals surface area contributed by atoms with E-state index in [9.17, 15) is 9.90 Å². The third-order valence-electron chi connectivity index (χ3n) is 1.64. The van der Waals surface area contributed by atoms with Crippen molar-refractivity contribution in [1.29, 1.82) is 0 Å². The fraction of sp³-hybridized carbons (Fsp3) is 0. The lowest BCUT2D eigenvalue weighted by Gasteiger charge is -1.99. The molecule has 2 aromatic rings. The summed E-state index contributed by atoms with van der Waals surface area (Å²) in [6.45, 7) is 0. The first-order valence-electron chi connectivity index (χ1n) is 3.70. The van der Waals surface area contributed by atoms with Crippen molar-refractivity contribution in [3.05, 3.63) is 30.8 Å². The average molecular weight is 320 g/mol. The molecular formula is C8H5IN2O2S. The van der Waals surface area contributed by atoms with Crippen molar-refractivity contribution in [2.45, 2.75) is 0 Å². The predicted octanol–water partition coefficient (Wildman–Crippen LogP) is 1.81. The van der Waals surface area contributed by atoms with Crippen LogP contribution in [0.4, 0.5) is 0 Å². The van der Waals surface area contributed by atoms with Crippen molar-refractivity contribution < 1.29 is 5.11 Å². The van der Waals surface area contributed by atoms with Gasteiger partial charge in [-0.2, -0.15) is 16.3 Å². The summed E-state index contributed by atoms with van der Waals surface area (Å²) in [5.74, 6) is 0.171. The van der Waals surface area contributed by atoms with Gasteiger partial charge in [0.15, 0.2) is 0 Å². The zero-order valence-corrected chi connectivity index (χ0v) is 9.79. The molecule has 0 aliphatic rings. The number of aromatic nitrogens is 2. The van der Waals surface area contributed by atoms with E-state index in [4.69, 9.17) is 0 Å². The number of aromatic amines is 1. The number of nitrogens with one attached hydrogen (secondary N) is 1. The molecule has 0 radical (unpaired) electrons. The Kier molecular flexibility index (Phi) is 2.55. The fourth-order valence-corrected chi connectivity index (χ4v) is 1.88. The van der Waals surface area contributed by atoms with E-state index < -0.39 is 0 Å². The van der Waals surface area contributed by atoms with Gasteiger partial charge in [0.25, 0.3) is 5.56 Å². The third-order valence-corrected chi connectivity index (χ3v) is 3.30.